The highest BCUT2D eigenvalue weighted by molar-refractivity contribution is 5.51. The van der Waals surface area contributed by atoms with Crippen LogP contribution in [-0.4, -0.2) is 55.3 Å². The molecule has 2 heterocycles. The van der Waals surface area contributed by atoms with E-state index in [2.05, 4.69) is 46.9 Å². The highest BCUT2D eigenvalue weighted by atomic mass is 16.5. The Morgan fingerprint density at radius 3 is 2.77 bits per heavy atom. The number of methoxy groups -OCH3 is 1. The molecule has 0 bridgehead atoms. The van der Waals surface area contributed by atoms with Gasteiger partial charge in [0.05, 0.1) is 6.61 Å². The first-order chi connectivity index (χ1) is 14.4. The zero-order valence-electron chi connectivity index (χ0n) is 18.5. The molecule has 0 saturated carbocycles. The van der Waals surface area contributed by atoms with Gasteiger partial charge in [-0.15, -0.1) is 0 Å². The summed E-state index contributed by atoms with van der Waals surface area (Å²) in [6.45, 7) is 10.4. The molecule has 2 unspecified atom stereocenters. The standard InChI is InChI=1S/C23H36N6O/c1-16-11-20-14-26-23(13-19(20)12-21(16)22(24)15-28(3)25)27-17(2)18-5-7-29(8-6-18)9-10-30-4/h11-16,18,21,27H,2,5-10,24-25H2,1,3-4H3/b22-15-. The van der Waals surface area contributed by atoms with Crippen LogP contribution in [0.25, 0.3) is 12.2 Å². The lowest BCUT2D eigenvalue weighted by atomic mass is 9.86. The number of anilines is 1. The fraction of sp³-hybridized carbons (Fsp3) is 0.522. The van der Waals surface area contributed by atoms with E-state index in [9.17, 15) is 0 Å². The maximum Gasteiger partial charge on any atom is 0.130 e. The van der Waals surface area contributed by atoms with Crippen LogP contribution in [0.4, 0.5) is 5.82 Å². The van der Waals surface area contributed by atoms with Gasteiger partial charge in [0.2, 0.25) is 0 Å². The number of nitrogens with two attached hydrogens (primary N) is 2. The number of aromatic nitrogens is 1. The average molecular weight is 413 g/mol. The number of nitrogens with one attached hydrogen (secondary N) is 1. The average Bonchev–Trinajstić information content (AvgIpc) is 2.71. The number of hydrogen-bond acceptors (Lipinski definition) is 7. The van der Waals surface area contributed by atoms with Crippen LogP contribution < -0.4 is 27.3 Å². The third-order valence-electron chi connectivity index (χ3n) is 6.05. The summed E-state index contributed by atoms with van der Waals surface area (Å²) in [5.74, 6) is 7.42. The van der Waals surface area contributed by atoms with Crippen LogP contribution in [0.1, 0.15) is 19.8 Å². The van der Waals surface area contributed by atoms with Gasteiger partial charge in [0.25, 0.3) is 0 Å². The minimum Gasteiger partial charge on any atom is -0.400 e. The summed E-state index contributed by atoms with van der Waals surface area (Å²) in [4.78, 5) is 7.06. The molecular weight excluding hydrogens is 376 g/mol. The Morgan fingerprint density at radius 1 is 1.37 bits per heavy atom. The molecule has 5 N–H and O–H groups in total. The van der Waals surface area contributed by atoms with Crippen molar-refractivity contribution in [3.8, 4) is 0 Å². The predicted molar refractivity (Wildman–Crippen MR) is 123 cm³/mol. The number of likely N-dealkylation sites (tertiary alicyclic amines) is 1. The molecule has 1 saturated heterocycles. The molecule has 0 radical (unpaired) electrons. The maximum atomic E-state index is 6.29. The number of pyridine rings is 1. The lowest BCUT2D eigenvalue weighted by molar-refractivity contribution is 0.126. The van der Waals surface area contributed by atoms with Gasteiger partial charge in [0, 0.05) is 56.3 Å². The molecule has 1 aliphatic heterocycles. The van der Waals surface area contributed by atoms with Crippen molar-refractivity contribution in [3.63, 3.8) is 0 Å². The fourth-order valence-electron chi connectivity index (χ4n) is 4.28. The zero-order chi connectivity index (χ0) is 21.7. The Hall–Kier alpha value is -2.35. The smallest absolute Gasteiger partial charge is 0.130 e. The van der Waals surface area contributed by atoms with Gasteiger partial charge in [-0.05, 0) is 48.4 Å². The molecule has 2 atom stereocenters. The molecule has 0 amide bonds. The third-order valence-corrected chi connectivity index (χ3v) is 6.05. The molecule has 0 spiro atoms. The molecule has 1 aliphatic carbocycles. The molecule has 1 fully saturated rings. The van der Waals surface area contributed by atoms with Gasteiger partial charge in [-0.2, -0.15) is 0 Å². The first kappa shape index (κ1) is 22.3. The van der Waals surface area contributed by atoms with Crippen molar-refractivity contribution < 1.29 is 4.74 Å². The van der Waals surface area contributed by atoms with Crippen molar-refractivity contribution in [1.82, 2.24) is 14.9 Å². The van der Waals surface area contributed by atoms with Gasteiger partial charge in [-0.1, -0.05) is 25.7 Å². The van der Waals surface area contributed by atoms with Crippen LogP contribution in [0.3, 0.4) is 0 Å². The van der Waals surface area contributed by atoms with Crippen LogP contribution in [0.5, 0.6) is 0 Å². The third kappa shape index (κ3) is 5.62. The van der Waals surface area contributed by atoms with Crippen molar-refractivity contribution >= 4 is 18.0 Å². The van der Waals surface area contributed by atoms with Gasteiger partial charge in [-0.25, -0.2) is 10.8 Å². The van der Waals surface area contributed by atoms with Crippen molar-refractivity contribution in [1.29, 1.82) is 0 Å². The number of allylic oxidation sites excluding steroid dienone is 2. The molecule has 1 aromatic heterocycles. The van der Waals surface area contributed by atoms with Crippen molar-refractivity contribution in [2.45, 2.75) is 19.8 Å². The molecule has 7 heteroatoms. The Balaban J connectivity index is 1.68. The summed E-state index contributed by atoms with van der Waals surface area (Å²) in [5, 5.41) is 7.21. The number of hydrogen-bond donors (Lipinski definition) is 3. The Kier molecular flexibility index (Phi) is 7.53. The fourth-order valence-corrected chi connectivity index (χ4v) is 4.28. The first-order valence-electron chi connectivity index (χ1n) is 10.7. The lowest BCUT2D eigenvalue weighted by Gasteiger charge is -2.32. The summed E-state index contributed by atoms with van der Waals surface area (Å²) >= 11 is 0. The van der Waals surface area contributed by atoms with E-state index < -0.39 is 0 Å². The molecular formula is C23H36N6O. The Morgan fingerprint density at radius 2 is 2.10 bits per heavy atom. The SMILES string of the molecule is C=C(Nc1cc2c(cn1)=CC(C)C(/C(N)=C/N(C)N)C=2)C1CCN(CCOC)CC1. The number of rotatable bonds is 8. The number of ether oxygens (including phenoxy) is 1. The zero-order valence-corrected chi connectivity index (χ0v) is 18.5. The highest BCUT2D eigenvalue weighted by Gasteiger charge is 2.22. The molecule has 7 nitrogen and oxygen atoms in total. The monoisotopic (exact) mass is 412 g/mol. The van der Waals surface area contributed by atoms with E-state index in [-0.39, 0.29) is 11.8 Å². The Labute approximate surface area is 179 Å². The number of hydrazine groups is 1. The molecule has 30 heavy (non-hydrogen) atoms. The van der Waals surface area contributed by atoms with Gasteiger partial charge in [0.1, 0.15) is 5.82 Å². The maximum absolute atomic E-state index is 6.29. The van der Waals surface area contributed by atoms with Gasteiger partial charge in [-0.3, -0.25) is 0 Å². The number of fused-ring (bicyclic) bond motifs is 1. The van der Waals surface area contributed by atoms with E-state index in [1.165, 1.54) is 5.01 Å². The first-order valence-corrected chi connectivity index (χ1v) is 10.7. The van der Waals surface area contributed by atoms with Crippen LogP contribution in [0.2, 0.25) is 0 Å². The van der Waals surface area contributed by atoms with Gasteiger partial charge >= 0.3 is 0 Å². The van der Waals surface area contributed by atoms with E-state index in [0.29, 0.717) is 5.92 Å². The number of piperidine rings is 1. The van der Waals surface area contributed by atoms with Crippen LogP contribution >= 0.6 is 0 Å². The topological polar surface area (TPSA) is 92.7 Å². The predicted octanol–water partition coefficient (Wildman–Crippen LogP) is 0.798. The van der Waals surface area contributed by atoms with E-state index in [1.54, 1.807) is 20.4 Å². The second kappa shape index (κ2) is 10.1. The quantitative estimate of drug-likeness (QED) is 0.430. The van der Waals surface area contributed by atoms with E-state index in [1.807, 2.05) is 6.20 Å². The summed E-state index contributed by atoms with van der Waals surface area (Å²) in [5.41, 5.74) is 8.08. The summed E-state index contributed by atoms with van der Waals surface area (Å²) in [6.07, 6.45) is 10.3. The molecule has 0 aromatic carbocycles. The largest absolute Gasteiger partial charge is 0.400 e. The summed E-state index contributed by atoms with van der Waals surface area (Å²) in [7, 11) is 3.53. The van der Waals surface area contributed by atoms with Crippen molar-refractivity contribution in [3.05, 3.63) is 46.9 Å². The Bertz CT molecular complexity index is 885. The second-order valence-corrected chi connectivity index (χ2v) is 8.47. The summed E-state index contributed by atoms with van der Waals surface area (Å²) in [6, 6.07) is 2.09. The van der Waals surface area contributed by atoms with E-state index in [4.69, 9.17) is 16.3 Å². The van der Waals surface area contributed by atoms with Gasteiger partial charge in [0.15, 0.2) is 0 Å². The minimum atomic E-state index is 0.110. The minimum absolute atomic E-state index is 0.110. The molecule has 164 valence electrons. The number of nitrogens with zero attached hydrogens (tertiary/aromatic N) is 3. The normalized spacial score (nSPS) is 22.6. The van der Waals surface area contributed by atoms with Crippen molar-refractivity contribution in [2.24, 2.45) is 29.3 Å². The highest BCUT2D eigenvalue weighted by Crippen LogP contribution is 2.25. The lowest BCUT2D eigenvalue weighted by Crippen LogP contribution is -2.37. The van der Waals surface area contributed by atoms with Crippen LogP contribution in [0, 0.1) is 17.8 Å². The molecule has 2 aliphatic rings. The molecule has 3 rings (SSSR count). The van der Waals surface area contributed by atoms with E-state index in [0.717, 1.165) is 66.7 Å². The van der Waals surface area contributed by atoms with Crippen LogP contribution in [0.15, 0.2) is 36.4 Å². The summed E-state index contributed by atoms with van der Waals surface area (Å²) < 4.78 is 5.19. The van der Waals surface area contributed by atoms with Crippen LogP contribution in [-0.2, 0) is 4.74 Å². The second-order valence-electron chi connectivity index (χ2n) is 8.47. The van der Waals surface area contributed by atoms with Gasteiger partial charge < -0.3 is 25.7 Å². The molecule has 1 aromatic rings. The van der Waals surface area contributed by atoms with Crippen molar-refractivity contribution in [2.75, 3.05) is 45.7 Å². The van der Waals surface area contributed by atoms with E-state index >= 15 is 0 Å².